The van der Waals surface area contributed by atoms with Crippen molar-refractivity contribution in [2.24, 2.45) is 5.92 Å². The largest absolute Gasteiger partial charge is 0.204 e. The molecule has 0 N–H and O–H groups in total. The highest BCUT2D eigenvalue weighted by atomic mass is 28.2. The van der Waals surface area contributed by atoms with E-state index in [0.717, 1.165) is 33.8 Å². The van der Waals surface area contributed by atoms with Gasteiger partial charge in [-0.3, -0.25) is 0 Å². The van der Waals surface area contributed by atoms with Gasteiger partial charge >= 0.3 is 0 Å². The molecule has 0 nitrogen and oxygen atoms in total. The van der Waals surface area contributed by atoms with Gasteiger partial charge in [0.25, 0.3) is 0 Å². The van der Waals surface area contributed by atoms with E-state index in [1.807, 2.05) is 0 Å². The van der Waals surface area contributed by atoms with Gasteiger partial charge in [0.1, 0.15) is 0 Å². The van der Waals surface area contributed by atoms with Crippen LogP contribution in [-0.4, -0.2) is 9.52 Å². The van der Waals surface area contributed by atoms with Crippen molar-refractivity contribution in [3.63, 3.8) is 0 Å². The SMILES string of the molecule is CCC[Si]CCCC1CCC(c2ccc(F)c(F)c2)CC1. The zero-order valence-electron chi connectivity index (χ0n) is 13.0. The second kappa shape index (κ2) is 8.67. The van der Waals surface area contributed by atoms with Gasteiger partial charge in [0.2, 0.25) is 0 Å². The molecule has 2 radical (unpaired) electrons. The first kappa shape index (κ1) is 16.7. The summed E-state index contributed by atoms with van der Waals surface area (Å²) in [5.41, 5.74) is 0.983. The van der Waals surface area contributed by atoms with Gasteiger partial charge in [0, 0.05) is 9.52 Å². The van der Waals surface area contributed by atoms with Crippen LogP contribution in [0.3, 0.4) is 0 Å². The van der Waals surface area contributed by atoms with Crippen molar-refractivity contribution >= 4 is 9.52 Å². The normalized spacial score (nSPS) is 22.4. The Hall–Kier alpha value is -0.703. The number of hydrogen-bond acceptors (Lipinski definition) is 0. The van der Waals surface area contributed by atoms with Crippen molar-refractivity contribution in [1.29, 1.82) is 0 Å². The zero-order chi connectivity index (χ0) is 15.1. The van der Waals surface area contributed by atoms with Gasteiger partial charge in [-0.2, -0.15) is 0 Å². The Bertz CT molecular complexity index is 425. The minimum atomic E-state index is -0.736. The predicted octanol–water partition coefficient (Wildman–Crippen LogP) is 5.97. The minimum absolute atomic E-state index is 0.429. The summed E-state index contributed by atoms with van der Waals surface area (Å²) in [5, 5.41) is 0. The molecule has 0 amide bonds. The second-order valence-electron chi connectivity index (χ2n) is 6.28. The van der Waals surface area contributed by atoms with Crippen LogP contribution in [0.15, 0.2) is 18.2 Å². The first-order chi connectivity index (χ1) is 10.2. The third-order valence-electron chi connectivity index (χ3n) is 4.65. The summed E-state index contributed by atoms with van der Waals surface area (Å²) in [6.07, 6.45) is 8.82. The fraction of sp³-hybridized carbons (Fsp3) is 0.667. The molecule has 1 saturated carbocycles. The van der Waals surface area contributed by atoms with E-state index in [1.54, 1.807) is 6.07 Å². The lowest BCUT2D eigenvalue weighted by Crippen LogP contribution is -2.13. The molecule has 0 saturated heterocycles. The lowest BCUT2D eigenvalue weighted by Gasteiger charge is -2.29. The molecule has 0 atom stereocenters. The molecule has 21 heavy (non-hydrogen) atoms. The van der Waals surface area contributed by atoms with Crippen molar-refractivity contribution in [3.05, 3.63) is 35.4 Å². The monoisotopic (exact) mass is 308 g/mol. The summed E-state index contributed by atoms with van der Waals surface area (Å²) in [7, 11) is 1.15. The Morgan fingerprint density at radius 3 is 2.48 bits per heavy atom. The van der Waals surface area contributed by atoms with Crippen LogP contribution in [0.2, 0.25) is 12.1 Å². The number of halogens is 2. The summed E-state index contributed by atoms with van der Waals surface area (Å²) >= 11 is 0. The van der Waals surface area contributed by atoms with Gasteiger partial charge in [0.15, 0.2) is 11.6 Å². The summed E-state index contributed by atoms with van der Waals surface area (Å²) in [6.45, 7) is 2.26. The fourth-order valence-corrected chi connectivity index (χ4v) is 4.43. The summed E-state index contributed by atoms with van der Waals surface area (Å²) in [4.78, 5) is 0. The van der Waals surface area contributed by atoms with Crippen LogP contribution in [0.4, 0.5) is 8.78 Å². The van der Waals surface area contributed by atoms with Gasteiger partial charge in [-0.25, -0.2) is 8.78 Å². The molecule has 3 heteroatoms. The minimum Gasteiger partial charge on any atom is -0.204 e. The Morgan fingerprint density at radius 2 is 1.81 bits per heavy atom. The first-order valence-electron chi connectivity index (χ1n) is 8.36. The summed E-state index contributed by atoms with van der Waals surface area (Å²) in [5.74, 6) is -0.150. The van der Waals surface area contributed by atoms with Crippen LogP contribution < -0.4 is 0 Å². The quantitative estimate of drug-likeness (QED) is 0.430. The molecule has 1 aromatic carbocycles. The average molecular weight is 308 g/mol. The molecule has 0 aliphatic heterocycles. The average Bonchev–Trinajstić information content (AvgIpc) is 2.50. The predicted molar refractivity (Wildman–Crippen MR) is 86.0 cm³/mol. The molecule has 0 heterocycles. The number of rotatable bonds is 7. The van der Waals surface area contributed by atoms with Crippen LogP contribution >= 0.6 is 0 Å². The summed E-state index contributed by atoms with van der Waals surface area (Å²) in [6, 6.07) is 7.21. The third kappa shape index (κ3) is 5.21. The maximum absolute atomic E-state index is 13.3. The van der Waals surface area contributed by atoms with Crippen LogP contribution in [-0.2, 0) is 0 Å². The molecule has 0 unspecified atom stereocenters. The van der Waals surface area contributed by atoms with Crippen LogP contribution in [0.25, 0.3) is 0 Å². The van der Waals surface area contributed by atoms with Crippen molar-refractivity contribution in [2.45, 2.75) is 69.9 Å². The molecule has 2 rings (SSSR count). The Kier molecular flexibility index (Phi) is 6.88. The lowest BCUT2D eigenvalue weighted by atomic mass is 9.77. The van der Waals surface area contributed by atoms with E-state index >= 15 is 0 Å². The molecular formula is C18H26F2Si. The maximum Gasteiger partial charge on any atom is 0.159 e. The lowest BCUT2D eigenvalue weighted by molar-refractivity contribution is 0.307. The molecule has 116 valence electrons. The van der Waals surface area contributed by atoms with E-state index < -0.39 is 11.6 Å². The van der Waals surface area contributed by atoms with Gasteiger partial charge in [-0.1, -0.05) is 44.3 Å². The fourth-order valence-electron chi connectivity index (χ4n) is 3.37. The van der Waals surface area contributed by atoms with E-state index in [-0.39, 0.29) is 0 Å². The molecule has 1 aromatic rings. The Labute approximate surface area is 130 Å². The van der Waals surface area contributed by atoms with E-state index in [0.29, 0.717) is 5.92 Å². The molecular weight excluding hydrogens is 282 g/mol. The highest BCUT2D eigenvalue weighted by Crippen LogP contribution is 2.38. The third-order valence-corrected chi connectivity index (χ3v) is 6.22. The molecule has 0 spiro atoms. The highest BCUT2D eigenvalue weighted by molar-refractivity contribution is 6.35. The van der Waals surface area contributed by atoms with Crippen molar-refractivity contribution in [2.75, 3.05) is 0 Å². The van der Waals surface area contributed by atoms with Crippen molar-refractivity contribution in [1.82, 2.24) is 0 Å². The molecule has 1 aliphatic rings. The van der Waals surface area contributed by atoms with Gasteiger partial charge in [-0.05, 0) is 55.2 Å². The molecule has 1 aliphatic carbocycles. The Balaban J connectivity index is 1.71. The smallest absolute Gasteiger partial charge is 0.159 e. The van der Waals surface area contributed by atoms with Crippen LogP contribution in [0, 0.1) is 17.6 Å². The highest BCUT2D eigenvalue weighted by Gasteiger charge is 2.22. The van der Waals surface area contributed by atoms with E-state index in [4.69, 9.17) is 0 Å². The van der Waals surface area contributed by atoms with E-state index in [1.165, 1.54) is 56.3 Å². The molecule has 0 aromatic heterocycles. The van der Waals surface area contributed by atoms with Crippen molar-refractivity contribution in [3.8, 4) is 0 Å². The topological polar surface area (TPSA) is 0 Å². The van der Waals surface area contributed by atoms with Crippen LogP contribution in [0.5, 0.6) is 0 Å². The van der Waals surface area contributed by atoms with Gasteiger partial charge in [-0.15, -0.1) is 0 Å². The number of hydrogen-bond donors (Lipinski definition) is 0. The van der Waals surface area contributed by atoms with Crippen LogP contribution in [0.1, 0.15) is 63.4 Å². The first-order valence-corrected chi connectivity index (χ1v) is 9.77. The molecule has 1 fully saturated rings. The van der Waals surface area contributed by atoms with E-state index in [9.17, 15) is 8.78 Å². The zero-order valence-corrected chi connectivity index (χ0v) is 14.0. The van der Waals surface area contributed by atoms with Gasteiger partial charge in [0.05, 0.1) is 0 Å². The standard InChI is InChI=1S/C18H26F2Si/c1-2-11-21-12-3-4-14-5-7-15(8-6-14)16-9-10-17(19)18(20)13-16/h9-10,13-15H,2-8,11-12H2,1H3. The summed E-state index contributed by atoms with van der Waals surface area (Å²) < 4.78 is 26.3. The van der Waals surface area contributed by atoms with Gasteiger partial charge < -0.3 is 0 Å². The second-order valence-corrected chi connectivity index (χ2v) is 7.78. The maximum atomic E-state index is 13.3. The van der Waals surface area contributed by atoms with E-state index in [2.05, 4.69) is 6.92 Å². The number of benzene rings is 1. The van der Waals surface area contributed by atoms with Crippen molar-refractivity contribution < 1.29 is 8.78 Å². The Morgan fingerprint density at radius 1 is 1.05 bits per heavy atom. The molecule has 0 bridgehead atoms.